The Labute approximate surface area is 240 Å². The minimum absolute atomic E-state index is 0.484. The number of allylic oxidation sites excluding steroid dienone is 1. The molecule has 0 spiro atoms. The Hall–Kier alpha value is -4.82. The zero-order valence-corrected chi connectivity index (χ0v) is 23.7. The van der Waals surface area contributed by atoms with Crippen molar-refractivity contribution < 1.29 is 0 Å². The first kappa shape index (κ1) is 24.0. The monoisotopic (exact) mass is 528 g/mol. The van der Waals surface area contributed by atoms with E-state index >= 15 is 0 Å². The Kier molecular flexibility index (Phi) is 5.33. The van der Waals surface area contributed by atoms with Gasteiger partial charge in [0.1, 0.15) is 0 Å². The van der Waals surface area contributed by atoms with Crippen LogP contribution in [0.15, 0.2) is 115 Å². The van der Waals surface area contributed by atoms with E-state index in [4.69, 9.17) is 0 Å². The van der Waals surface area contributed by atoms with Gasteiger partial charge in [0.15, 0.2) is 0 Å². The maximum absolute atomic E-state index is 2.49. The van der Waals surface area contributed by atoms with Gasteiger partial charge >= 0.3 is 0 Å². The van der Waals surface area contributed by atoms with E-state index in [2.05, 4.69) is 151 Å². The molecule has 1 aliphatic carbocycles. The zero-order valence-electron chi connectivity index (χ0n) is 23.7. The summed E-state index contributed by atoms with van der Waals surface area (Å²) in [6.45, 7) is 6.84. The predicted molar refractivity (Wildman–Crippen MR) is 175 cm³/mol. The fourth-order valence-electron chi connectivity index (χ4n) is 7.10. The average Bonchev–Trinajstić information content (AvgIpc) is 3.52. The summed E-state index contributed by atoms with van der Waals surface area (Å²) in [5.41, 5.74) is 14.2. The predicted octanol–water partition coefficient (Wildman–Crippen LogP) is 10.5. The molecule has 1 atom stereocenters. The van der Waals surface area contributed by atoms with E-state index in [1.54, 1.807) is 0 Å². The molecule has 2 aromatic heterocycles. The van der Waals surface area contributed by atoms with Crippen molar-refractivity contribution in [2.75, 3.05) is 0 Å². The minimum atomic E-state index is 0.484. The van der Waals surface area contributed by atoms with Crippen LogP contribution in [0.4, 0.5) is 0 Å². The van der Waals surface area contributed by atoms with Crippen molar-refractivity contribution in [3.63, 3.8) is 0 Å². The molecule has 0 amide bonds. The highest BCUT2D eigenvalue weighted by Gasteiger charge is 2.23. The van der Waals surface area contributed by atoms with Crippen molar-refractivity contribution >= 4 is 38.8 Å². The largest absolute Gasteiger partial charge is 0.313 e. The molecule has 0 N–H and O–H groups in total. The van der Waals surface area contributed by atoms with Gasteiger partial charge in [-0.2, -0.15) is 0 Å². The highest BCUT2D eigenvalue weighted by Crippen LogP contribution is 2.40. The fourth-order valence-corrected chi connectivity index (χ4v) is 7.10. The molecule has 2 heterocycles. The number of nitrogens with zero attached hydrogens (tertiary/aromatic N) is 2. The Morgan fingerprint density at radius 2 is 1.05 bits per heavy atom. The fraction of sp³-hybridized carbons (Fsp3) is 0.128. The molecule has 0 aliphatic heterocycles. The van der Waals surface area contributed by atoms with Crippen LogP contribution in [0.1, 0.15) is 41.6 Å². The lowest BCUT2D eigenvalue weighted by Gasteiger charge is -2.20. The molecule has 8 rings (SSSR count). The van der Waals surface area contributed by atoms with E-state index in [-0.39, 0.29) is 0 Å². The molecule has 2 nitrogen and oxygen atoms in total. The zero-order chi connectivity index (χ0) is 27.7. The van der Waals surface area contributed by atoms with Crippen LogP contribution in [0.25, 0.3) is 61.3 Å². The molecule has 5 aromatic carbocycles. The van der Waals surface area contributed by atoms with Crippen LogP contribution in [-0.4, -0.2) is 9.13 Å². The molecule has 41 heavy (non-hydrogen) atoms. The van der Waals surface area contributed by atoms with Crippen molar-refractivity contribution in [3.05, 3.63) is 138 Å². The highest BCUT2D eigenvalue weighted by molar-refractivity contribution is 6.09. The number of aryl methyl sites for hydroxylation is 2. The quantitative estimate of drug-likeness (QED) is 0.216. The van der Waals surface area contributed by atoms with Crippen LogP contribution in [-0.2, 0) is 0 Å². The van der Waals surface area contributed by atoms with Crippen molar-refractivity contribution in [2.24, 2.45) is 0 Å². The van der Waals surface area contributed by atoms with Gasteiger partial charge in [-0.25, -0.2) is 0 Å². The number of para-hydroxylation sites is 3. The lowest BCUT2D eigenvalue weighted by molar-refractivity contribution is 0.723. The molecule has 0 bridgehead atoms. The summed E-state index contributed by atoms with van der Waals surface area (Å²) in [7, 11) is 0. The number of benzene rings is 5. The third kappa shape index (κ3) is 3.57. The summed E-state index contributed by atoms with van der Waals surface area (Å²) in [4.78, 5) is 0. The standard InChI is InChI=1S/C39H32N2/c1-25-11-10-15-35-34-14-6-9-18-38(34)41(39(25)35)29-20-22-31(27(3)24-29)30-21-19-28(23-26(30)2)40-36-16-7-4-12-32(36)33-13-5-8-17-37(33)40/h4-10,12-25H,11H2,1-3H3. The molecular formula is C39H32N2. The van der Waals surface area contributed by atoms with Crippen LogP contribution in [0.5, 0.6) is 0 Å². The third-order valence-corrected chi connectivity index (χ3v) is 9.00. The van der Waals surface area contributed by atoms with Crippen LogP contribution in [0, 0.1) is 13.8 Å². The van der Waals surface area contributed by atoms with E-state index in [1.807, 2.05) is 0 Å². The Morgan fingerprint density at radius 1 is 0.561 bits per heavy atom. The van der Waals surface area contributed by atoms with Crippen LogP contribution >= 0.6 is 0 Å². The van der Waals surface area contributed by atoms with E-state index < -0.39 is 0 Å². The molecule has 7 aromatic rings. The van der Waals surface area contributed by atoms with E-state index in [0.29, 0.717) is 5.92 Å². The average molecular weight is 529 g/mol. The van der Waals surface area contributed by atoms with Gasteiger partial charge in [-0.15, -0.1) is 0 Å². The first-order valence-electron chi connectivity index (χ1n) is 14.6. The van der Waals surface area contributed by atoms with Gasteiger partial charge in [0.2, 0.25) is 0 Å². The second-order valence-electron chi connectivity index (χ2n) is 11.6. The second kappa shape index (κ2) is 9.11. The van der Waals surface area contributed by atoms with Crippen LogP contribution in [0.3, 0.4) is 0 Å². The Bertz CT molecular complexity index is 2110. The molecule has 0 saturated carbocycles. The van der Waals surface area contributed by atoms with Crippen molar-refractivity contribution in [3.8, 4) is 22.5 Å². The molecule has 1 aliphatic rings. The molecular weight excluding hydrogens is 496 g/mol. The first-order chi connectivity index (χ1) is 20.1. The van der Waals surface area contributed by atoms with Crippen molar-refractivity contribution in [2.45, 2.75) is 33.1 Å². The van der Waals surface area contributed by atoms with Gasteiger partial charge in [0.05, 0.1) is 16.6 Å². The maximum atomic E-state index is 2.49. The molecule has 0 fully saturated rings. The van der Waals surface area contributed by atoms with Gasteiger partial charge in [0.25, 0.3) is 0 Å². The van der Waals surface area contributed by atoms with E-state index in [1.165, 1.54) is 77.6 Å². The lowest BCUT2D eigenvalue weighted by atomic mass is 9.93. The number of fused-ring (bicyclic) bond motifs is 6. The summed E-state index contributed by atoms with van der Waals surface area (Å²) in [6, 6.07) is 40.2. The molecule has 198 valence electrons. The summed E-state index contributed by atoms with van der Waals surface area (Å²) in [5, 5.41) is 3.92. The van der Waals surface area contributed by atoms with E-state index in [0.717, 1.165) is 6.42 Å². The highest BCUT2D eigenvalue weighted by atomic mass is 15.0. The van der Waals surface area contributed by atoms with Crippen LogP contribution < -0.4 is 0 Å². The van der Waals surface area contributed by atoms with Gasteiger partial charge < -0.3 is 9.13 Å². The van der Waals surface area contributed by atoms with Crippen molar-refractivity contribution in [1.82, 2.24) is 9.13 Å². The minimum Gasteiger partial charge on any atom is -0.313 e. The molecule has 2 heteroatoms. The Morgan fingerprint density at radius 3 is 1.61 bits per heavy atom. The smallest absolute Gasteiger partial charge is 0.0541 e. The maximum Gasteiger partial charge on any atom is 0.0541 e. The van der Waals surface area contributed by atoms with Gasteiger partial charge in [0, 0.05) is 44.7 Å². The molecule has 1 unspecified atom stereocenters. The number of rotatable bonds is 3. The summed E-state index contributed by atoms with van der Waals surface area (Å²) >= 11 is 0. The third-order valence-electron chi connectivity index (χ3n) is 9.00. The number of hydrogen-bond acceptors (Lipinski definition) is 0. The Balaban J connectivity index is 1.24. The second-order valence-corrected chi connectivity index (χ2v) is 11.6. The van der Waals surface area contributed by atoms with Gasteiger partial charge in [-0.1, -0.05) is 85.8 Å². The molecule has 0 radical (unpaired) electrons. The lowest BCUT2D eigenvalue weighted by Crippen LogP contribution is -2.07. The van der Waals surface area contributed by atoms with Crippen molar-refractivity contribution in [1.29, 1.82) is 0 Å². The van der Waals surface area contributed by atoms with E-state index in [9.17, 15) is 0 Å². The number of hydrogen-bond donors (Lipinski definition) is 0. The number of aromatic nitrogens is 2. The van der Waals surface area contributed by atoms with Crippen LogP contribution in [0.2, 0.25) is 0 Å². The van der Waals surface area contributed by atoms with Gasteiger partial charge in [-0.05, 0) is 85.0 Å². The summed E-state index contributed by atoms with van der Waals surface area (Å²) < 4.78 is 4.89. The first-order valence-corrected chi connectivity index (χ1v) is 14.6. The molecule has 0 saturated heterocycles. The normalized spacial score (nSPS) is 14.8. The summed E-state index contributed by atoms with van der Waals surface area (Å²) in [6.07, 6.45) is 5.72. The van der Waals surface area contributed by atoms with Gasteiger partial charge in [-0.3, -0.25) is 0 Å². The summed E-state index contributed by atoms with van der Waals surface area (Å²) in [5.74, 6) is 0.484. The topological polar surface area (TPSA) is 9.86 Å². The SMILES string of the molecule is Cc1cc(-n2c3c(c4ccccc42)C=CCC3C)ccc1-c1ccc(-n2c3ccccc3c3ccccc32)cc1C.